The summed E-state index contributed by atoms with van der Waals surface area (Å²) >= 11 is 0. The zero-order chi connectivity index (χ0) is 14.7. The predicted molar refractivity (Wildman–Crippen MR) is 89.7 cm³/mol. The Morgan fingerprint density at radius 1 is 1.10 bits per heavy atom. The normalized spacial score (nSPS) is 35.6. The van der Waals surface area contributed by atoms with Crippen LogP contribution in [-0.4, -0.2) is 0 Å². The first-order chi connectivity index (χ1) is 9.49. The van der Waals surface area contributed by atoms with Crippen LogP contribution in [-0.2, 0) is 0 Å². The lowest BCUT2D eigenvalue weighted by molar-refractivity contribution is 0.143. The van der Waals surface area contributed by atoms with Gasteiger partial charge in [0, 0.05) is 0 Å². The van der Waals surface area contributed by atoms with E-state index < -0.39 is 0 Å². The molecule has 0 aromatic heterocycles. The summed E-state index contributed by atoms with van der Waals surface area (Å²) < 4.78 is 0. The van der Waals surface area contributed by atoms with Crippen molar-refractivity contribution < 1.29 is 0 Å². The molecule has 0 heterocycles. The Kier molecular flexibility index (Phi) is 5.29. The highest BCUT2D eigenvalue weighted by Gasteiger charge is 2.36. The standard InChI is InChI=1S/C20H32/c1-14(2)18-12-10-17(5)19-11-9-15(3)7-6-8-16(4)13-20(18)19/h7,13,17-20H,1,6,8-12H2,2-5H3/t17-,18?,19+,20-/m0/s1. The van der Waals surface area contributed by atoms with E-state index in [2.05, 4.69) is 46.4 Å². The van der Waals surface area contributed by atoms with Gasteiger partial charge in [-0.05, 0) is 83.0 Å². The second-order valence-electron chi connectivity index (χ2n) is 7.39. The van der Waals surface area contributed by atoms with Gasteiger partial charge in [-0.25, -0.2) is 0 Å². The lowest BCUT2D eigenvalue weighted by Gasteiger charge is -2.42. The van der Waals surface area contributed by atoms with Crippen LogP contribution in [0.2, 0.25) is 0 Å². The summed E-state index contributed by atoms with van der Waals surface area (Å²) in [4.78, 5) is 0. The molecule has 0 bridgehead atoms. The zero-order valence-corrected chi connectivity index (χ0v) is 13.9. The van der Waals surface area contributed by atoms with Crippen LogP contribution in [0.15, 0.2) is 35.5 Å². The first kappa shape index (κ1) is 15.6. The van der Waals surface area contributed by atoms with Crippen LogP contribution < -0.4 is 0 Å². The molecule has 0 saturated heterocycles. The van der Waals surface area contributed by atoms with Crippen LogP contribution in [0.1, 0.15) is 66.2 Å². The third kappa shape index (κ3) is 3.65. The zero-order valence-electron chi connectivity index (χ0n) is 13.9. The predicted octanol–water partition coefficient (Wildman–Crippen LogP) is 6.31. The molecule has 2 aliphatic rings. The van der Waals surface area contributed by atoms with Gasteiger partial charge in [0.2, 0.25) is 0 Å². The van der Waals surface area contributed by atoms with Gasteiger partial charge < -0.3 is 0 Å². The molecule has 0 aromatic rings. The van der Waals surface area contributed by atoms with Gasteiger partial charge in [-0.2, -0.15) is 0 Å². The molecule has 0 spiro atoms. The van der Waals surface area contributed by atoms with Crippen molar-refractivity contribution in [1.82, 2.24) is 0 Å². The van der Waals surface area contributed by atoms with Gasteiger partial charge in [-0.15, -0.1) is 0 Å². The van der Waals surface area contributed by atoms with E-state index in [0.29, 0.717) is 0 Å². The molecule has 1 unspecified atom stereocenters. The molecule has 1 saturated carbocycles. The van der Waals surface area contributed by atoms with Crippen molar-refractivity contribution in [2.75, 3.05) is 0 Å². The van der Waals surface area contributed by atoms with E-state index in [1.165, 1.54) is 44.1 Å². The van der Waals surface area contributed by atoms with Crippen LogP contribution in [0.25, 0.3) is 0 Å². The molecule has 0 aromatic carbocycles. The number of rotatable bonds is 1. The van der Waals surface area contributed by atoms with E-state index in [0.717, 1.165) is 23.7 Å². The molecule has 1 fully saturated rings. The highest BCUT2D eigenvalue weighted by molar-refractivity contribution is 5.14. The maximum Gasteiger partial charge on any atom is -0.0134 e. The van der Waals surface area contributed by atoms with Gasteiger partial charge in [-0.3, -0.25) is 0 Å². The topological polar surface area (TPSA) is 0 Å². The second kappa shape index (κ2) is 6.78. The highest BCUT2D eigenvalue weighted by Crippen LogP contribution is 2.45. The largest absolute Gasteiger partial charge is 0.0998 e. The van der Waals surface area contributed by atoms with Crippen LogP contribution in [0.4, 0.5) is 0 Å². The Morgan fingerprint density at radius 3 is 2.55 bits per heavy atom. The minimum atomic E-state index is 0.717. The van der Waals surface area contributed by atoms with Gasteiger partial charge in [0.1, 0.15) is 0 Å². The Labute approximate surface area is 126 Å². The molecule has 0 heteroatoms. The average molecular weight is 272 g/mol. The fraction of sp³-hybridized carbons (Fsp3) is 0.700. The van der Waals surface area contributed by atoms with E-state index in [-0.39, 0.29) is 0 Å². The fourth-order valence-electron chi connectivity index (χ4n) is 4.27. The minimum Gasteiger partial charge on any atom is -0.0998 e. The number of allylic oxidation sites excluding steroid dienone is 5. The smallest absolute Gasteiger partial charge is 0.0134 e. The van der Waals surface area contributed by atoms with Crippen LogP contribution in [0, 0.1) is 23.7 Å². The average Bonchev–Trinajstić information content (AvgIpc) is 2.37. The lowest BCUT2D eigenvalue weighted by Crippen LogP contribution is -2.33. The monoisotopic (exact) mass is 272 g/mol. The number of hydrogen-bond acceptors (Lipinski definition) is 0. The van der Waals surface area contributed by atoms with Gasteiger partial charge in [0.25, 0.3) is 0 Å². The van der Waals surface area contributed by atoms with Crippen LogP contribution in [0.3, 0.4) is 0 Å². The maximum absolute atomic E-state index is 4.29. The Bertz CT molecular complexity index is 410. The van der Waals surface area contributed by atoms with Crippen molar-refractivity contribution in [2.45, 2.75) is 66.2 Å². The summed E-state index contributed by atoms with van der Waals surface area (Å²) in [6, 6.07) is 0. The van der Waals surface area contributed by atoms with Gasteiger partial charge in [-0.1, -0.05) is 42.4 Å². The summed E-state index contributed by atoms with van der Waals surface area (Å²) in [6.45, 7) is 13.7. The van der Waals surface area contributed by atoms with E-state index in [1.807, 2.05) is 0 Å². The van der Waals surface area contributed by atoms with E-state index in [4.69, 9.17) is 0 Å². The van der Waals surface area contributed by atoms with Crippen molar-refractivity contribution in [1.29, 1.82) is 0 Å². The van der Waals surface area contributed by atoms with Crippen molar-refractivity contribution >= 4 is 0 Å². The Balaban J connectivity index is 2.29. The minimum absolute atomic E-state index is 0.717. The van der Waals surface area contributed by atoms with Crippen molar-refractivity contribution in [3.05, 3.63) is 35.5 Å². The molecular formula is C20H32. The fourth-order valence-corrected chi connectivity index (χ4v) is 4.27. The molecule has 20 heavy (non-hydrogen) atoms. The van der Waals surface area contributed by atoms with E-state index in [1.54, 1.807) is 11.1 Å². The molecule has 2 rings (SSSR count). The summed E-state index contributed by atoms with van der Waals surface area (Å²) in [5.41, 5.74) is 4.59. The Morgan fingerprint density at radius 2 is 1.85 bits per heavy atom. The quantitative estimate of drug-likeness (QED) is 0.491. The molecule has 112 valence electrons. The van der Waals surface area contributed by atoms with E-state index >= 15 is 0 Å². The SMILES string of the molecule is C=C(C)C1CC[C@H](C)[C@H]2CCC(C)=CCCC(C)=C[C@@H]12. The Hall–Kier alpha value is -0.780. The van der Waals surface area contributed by atoms with Crippen molar-refractivity contribution in [3.8, 4) is 0 Å². The van der Waals surface area contributed by atoms with Crippen LogP contribution in [0.5, 0.6) is 0 Å². The molecule has 0 radical (unpaired) electrons. The third-order valence-corrected chi connectivity index (χ3v) is 5.64. The molecule has 0 nitrogen and oxygen atoms in total. The molecule has 4 atom stereocenters. The first-order valence-corrected chi connectivity index (χ1v) is 8.47. The van der Waals surface area contributed by atoms with Gasteiger partial charge in [0.05, 0.1) is 0 Å². The van der Waals surface area contributed by atoms with Crippen molar-refractivity contribution in [3.63, 3.8) is 0 Å². The molecule has 0 N–H and O–H groups in total. The van der Waals surface area contributed by atoms with Crippen molar-refractivity contribution in [2.24, 2.45) is 23.7 Å². The number of fused-ring (bicyclic) bond motifs is 1. The highest BCUT2D eigenvalue weighted by atomic mass is 14.4. The first-order valence-electron chi connectivity index (χ1n) is 8.47. The second-order valence-corrected chi connectivity index (χ2v) is 7.39. The maximum atomic E-state index is 4.29. The summed E-state index contributed by atoms with van der Waals surface area (Å²) in [7, 11) is 0. The molecule has 0 amide bonds. The number of hydrogen-bond donors (Lipinski definition) is 0. The molecule has 0 aliphatic heterocycles. The third-order valence-electron chi connectivity index (χ3n) is 5.64. The lowest BCUT2D eigenvalue weighted by atomic mass is 9.63. The summed E-state index contributed by atoms with van der Waals surface area (Å²) in [5.74, 6) is 3.17. The molecular weight excluding hydrogens is 240 g/mol. The van der Waals surface area contributed by atoms with E-state index in [9.17, 15) is 0 Å². The summed E-state index contributed by atoms with van der Waals surface area (Å²) in [5, 5.41) is 0. The van der Waals surface area contributed by atoms with Gasteiger partial charge >= 0.3 is 0 Å². The summed E-state index contributed by atoms with van der Waals surface area (Å²) in [6.07, 6.45) is 12.9. The molecule has 2 aliphatic carbocycles. The van der Waals surface area contributed by atoms with Gasteiger partial charge in [0.15, 0.2) is 0 Å². The van der Waals surface area contributed by atoms with Crippen LogP contribution >= 0.6 is 0 Å².